The molecule has 1 aliphatic carbocycles. The number of carbonyl (C=O) groups is 1. The smallest absolute Gasteiger partial charge is 0.271 e. The van der Waals surface area contributed by atoms with Crippen LogP contribution in [0, 0.1) is 0 Å². The van der Waals surface area contributed by atoms with Crippen LogP contribution in [0.5, 0.6) is 17.2 Å². The maximum Gasteiger partial charge on any atom is 0.271 e. The first kappa shape index (κ1) is 20.7. The van der Waals surface area contributed by atoms with Gasteiger partial charge in [0.15, 0.2) is 11.5 Å². The van der Waals surface area contributed by atoms with Crippen LogP contribution in [0.3, 0.4) is 0 Å². The average Bonchev–Trinajstić information content (AvgIpc) is 2.91. The third-order valence-corrected chi connectivity index (χ3v) is 5.19. The number of hydrogen-bond donors (Lipinski definition) is 1. The molecule has 0 saturated heterocycles. The lowest BCUT2D eigenvalue weighted by Gasteiger charge is -2.13. The molecule has 2 aromatic carbocycles. The van der Waals surface area contributed by atoms with Gasteiger partial charge in [-0.1, -0.05) is 35.9 Å². The number of carbonyl (C=O) groups excluding carboxylic acids is 1. The lowest BCUT2D eigenvalue weighted by Crippen LogP contribution is -2.18. The normalized spacial score (nSPS) is 13.7. The summed E-state index contributed by atoms with van der Waals surface area (Å²) in [5.74, 6) is 0.814. The van der Waals surface area contributed by atoms with Crippen LogP contribution in [-0.4, -0.2) is 33.5 Å². The highest BCUT2D eigenvalue weighted by Crippen LogP contribution is 2.38. The second-order valence-corrected chi connectivity index (χ2v) is 6.84. The number of nitrogens with zero attached hydrogens (tertiary/aromatic N) is 1. The number of ether oxygens (including phenoxy) is 3. The molecule has 0 fully saturated rings. The van der Waals surface area contributed by atoms with Crippen LogP contribution in [-0.2, 0) is 6.42 Å². The van der Waals surface area contributed by atoms with Gasteiger partial charge in [0, 0.05) is 5.56 Å². The van der Waals surface area contributed by atoms with Gasteiger partial charge >= 0.3 is 0 Å². The number of benzene rings is 2. The monoisotopic (exact) mass is 414 g/mol. The van der Waals surface area contributed by atoms with E-state index in [4.69, 9.17) is 25.8 Å². The second kappa shape index (κ2) is 9.47. The van der Waals surface area contributed by atoms with Gasteiger partial charge in [0.2, 0.25) is 5.75 Å². The van der Waals surface area contributed by atoms with Gasteiger partial charge in [0.05, 0.1) is 32.6 Å². The number of fused-ring (bicyclic) bond motifs is 1. The molecule has 152 valence electrons. The number of allylic oxidation sites excluding steroid dienone is 1. The van der Waals surface area contributed by atoms with E-state index in [0.29, 0.717) is 27.8 Å². The first-order valence-corrected chi connectivity index (χ1v) is 9.57. The van der Waals surface area contributed by atoms with Gasteiger partial charge in [-0.15, -0.1) is 0 Å². The summed E-state index contributed by atoms with van der Waals surface area (Å²) < 4.78 is 15.8. The molecule has 0 atom stereocenters. The Bertz CT molecular complexity index is 944. The first-order chi connectivity index (χ1) is 14.1. The standard InChI is InChI=1S/C22H23ClN2O4/c1-27-18-11-16(12-19(28-2)21(18)29-3)22(26)25-24-13-15-9-6-8-14-7-4-5-10-17(14)20(15)23/h4-5,7,10-13H,6,8-9H2,1-3H3,(H,25,26)/b24-13+. The van der Waals surface area contributed by atoms with Crippen LogP contribution in [0.15, 0.2) is 47.1 Å². The number of hydrogen-bond acceptors (Lipinski definition) is 5. The molecular formula is C22H23ClN2O4. The molecule has 1 aliphatic rings. The van der Waals surface area contributed by atoms with Crippen molar-refractivity contribution < 1.29 is 19.0 Å². The fourth-order valence-electron chi connectivity index (χ4n) is 3.27. The Morgan fingerprint density at radius 2 is 1.76 bits per heavy atom. The molecule has 0 aliphatic heterocycles. The Balaban J connectivity index is 1.79. The van der Waals surface area contributed by atoms with Gasteiger partial charge in [-0.3, -0.25) is 4.79 Å². The van der Waals surface area contributed by atoms with E-state index in [-0.39, 0.29) is 0 Å². The molecule has 1 N–H and O–H groups in total. The van der Waals surface area contributed by atoms with Crippen LogP contribution < -0.4 is 19.6 Å². The minimum Gasteiger partial charge on any atom is -0.493 e. The zero-order chi connectivity index (χ0) is 20.8. The Hall–Kier alpha value is -2.99. The average molecular weight is 415 g/mol. The van der Waals surface area contributed by atoms with Crippen molar-refractivity contribution >= 4 is 28.8 Å². The molecule has 29 heavy (non-hydrogen) atoms. The number of aryl methyl sites for hydroxylation is 1. The van der Waals surface area contributed by atoms with Crippen molar-refractivity contribution in [3.05, 3.63) is 58.7 Å². The van der Waals surface area contributed by atoms with Gasteiger partial charge in [-0.25, -0.2) is 5.43 Å². The van der Waals surface area contributed by atoms with Crippen molar-refractivity contribution in [2.45, 2.75) is 19.3 Å². The lowest BCUT2D eigenvalue weighted by molar-refractivity contribution is 0.0954. The van der Waals surface area contributed by atoms with Crippen molar-refractivity contribution in [2.75, 3.05) is 21.3 Å². The minimum atomic E-state index is -0.397. The SMILES string of the molecule is COc1cc(C(=O)N/N=C/C2=C(Cl)c3ccccc3CCC2)cc(OC)c1OC. The molecule has 0 spiro atoms. The van der Waals surface area contributed by atoms with E-state index in [1.807, 2.05) is 18.2 Å². The number of methoxy groups -OCH3 is 3. The van der Waals surface area contributed by atoms with Crippen molar-refractivity contribution in [3.63, 3.8) is 0 Å². The van der Waals surface area contributed by atoms with Crippen molar-refractivity contribution in [2.24, 2.45) is 5.10 Å². The van der Waals surface area contributed by atoms with Gasteiger partial charge in [-0.05, 0) is 48.1 Å². The maximum atomic E-state index is 12.5. The number of hydrazone groups is 1. The molecule has 0 saturated carbocycles. The molecule has 0 heterocycles. The minimum absolute atomic E-state index is 0.336. The zero-order valence-electron chi connectivity index (χ0n) is 16.6. The molecule has 1 amide bonds. The number of amides is 1. The Morgan fingerprint density at radius 3 is 2.41 bits per heavy atom. The highest BCUT2D eigenvalue weighted by molar-refractivity contribution is 6.50. The largest absolute Gasteiger partial charge is 0.493 e. The Kier molecular flexibility index (Phi) is 6.77. The van der Waals surface area contributed by atoms with Crippen LogP contribution in [0.25, 0.3) is 5.03 Å². The molecule has 3 rings (SSSR count). The molecule has 0 radical (unpaired) electrons. The van der Waals surface area contributed by atoms with E-state index in [0.717, 1.165) is 30.4 Å². The molecular weight excluding hydrogens is 392 g/mol. The lowest BCUT2D eigenvalue weighted by atomic mass is 10.0. The maximum absolute atomic E-state index is 12.5. The van der Waals surface area contributed by atoms with Crippen LogP contribution in [0.2, 0.25) is 0 Å². The van der Waals surface area contributed by atoms with Crippen LogP contribution in [0.1, 0.15) is 34.3 Å². The van der Waals surface area contributed by atoms with E-state index in [1.54, 1.807) is 18.3 Å². The highest BCUT2D eigenvalue weighted by atomic mass is 35.5. The second-order valence-electron chi connectivity index (χ2n) is 6.46. The summed E-state index contributed by atoms with van der Waals surface area (Å²) in [6.45, 7) is 0. The van der Waals surface area contributed by atoms with Gasteiger partial charge in [-0.2, -0.15) is 5.10 Å². The molecule has 7 heteroatoms. The molecule has 0 unspecified atom stereocenters. The molecule has 2 aromatic rings. The number of halogens is 1. The summed E-state index contributed by atoms with van der Waals surface area (Å²) in [7, 11) is 4.50. The fraction of sp³-hybridized carbons (Fsp3) is 0.273. The highest BCUT2D eigenvalue weighted by Gasteiger charge is 2.17. The quantitative estimate of drug-likeness (QED) is 0.561. The Labute approximate surface area is 175 Å². The van der Waals surface area contributed by atoms with Crippen molar-refractivity contribution in [1.29, 1.82) is 0 Å². The van der Waals surface area contributed by atoms with E-state index in [9.17, 15) is 4.79 Å². The summed E-state index contributed by atoms with van der Waals surface area (Å²) in [6, 6.07) is 11.2. The third kappa shape index (κ3) is 4.54. The molecule has 6 nitrogen and oxygen atoms in total. The van der Waals surface area contributed by atoms with E-state index in [1.165, 1.54) is 26.9 Å². The summed E-state index contributed by atoms with van der Waals surface area (Å²) in [6.07, 6.45) is 4.33. The summed E-state index contributed by atoms with van der Waals surface area (Å²) in [4.78, 5) is 12.5. The number of rotatable bonds is 6. The van der Waals surface area contributed by atoms with E-state index in [2.05, 4.69) is 16.6 Å². The number of nitrogens with one attached hydrogen (secondary N) is 1. The van der Waals surface area contributed by atoms with Gasteiger partial charge < -0.3 is 14.2 Å². The zero-order valence-corrected chi connectivity index (χ0v) is 17.4. The summed E-state index contributed by atoms with van der Waals surface area (Å²) in [5, 5.41) is 4.78. The van der Waals surface area contributed by atoms with Crippen LogP contribution >= 0.6 is 11.6 Å². The van der Waals surface area contributed by atoms with Gasteiger partial charge in [0.25, 0.3) is 5.91 Å². The fourth-order valence-corrected chi connectivity index (χ4v) is 3.60. The molecule has 0 bridgehead atoms. The van der Waals surface area contributed by atoms with Gasteiger partial charge in [0.1, 0.15) is 0 Å². The van der Waals surface area contributed by atoms with Crippen molar-refractivity contribution in [3.8, 4) is 17.2 Å². The summed E-state index contributed by atoms with van der Waals surface area (Å²) >= 11 is 6.59. The predicted molar refractivity (Wildman–Crippen MR) is 114 cm³/mol. The van der Waals surface area contributed by atoms with Crippen molar-refractivity contribution in [1.82, 2.24) is 5.43 Å². The predicted octanol–water partition coefficient (Wildman–Crippen LogP) is 4.41. The topological polar surface area (TPSA) is 69.2 Å². The first-order valence-electron chi connectivity index (χ1n) is 9.19. The third-order valence-electron chi connectivity index (χ3n) is 4.74. The van der Waals surface area contributed by atoms with E-state index < -0.39 is 5.91 Å². The van der Waals surface area contributed by atoms with Crippen LogP contribution in [0.4, 0.5) is 0 Å². The Morgan fingerprint density at radius 1 is 1.07 bits per heavy atom. The molecule has 0 aromatic heterocycles. The summed E-state index contributed by atoms with van der Waals surface area (Å²) in [5.41, 5.74) is 6.01. The van der Waals surface area contributed by atoms with E-state index >= 15 is 0 Å².